The van der Waals surface area contributed by atoms with Crippen LogP contribution in [0.15, 0.2) is 22.7 Å². The molecule has 1 N–H and O–H groups in total. The summed E-state index contributed by atoms with van der Waals surface area (Å²) in [7, 11) is 0. The summed E-state index contributed by atoms with van der Waals surface area (Å²) in [5, 5.41) is 3.60. The van der Waals surface area contributed by atoms with Gasteiger partial charge in [-0.2, -0.15) is 0 Å². The van der Waals surface area contributed by atoms with Crippen LogP contribution in [0, 0.1) is 17.8 Å². The third-order valence-corrected chi connectivity index (χ3v) is 4.72. The molecule has 20 heavy (non-hydrogen) atoms. The second kappa shape index (κ2) is 6.95. The predicted octanol–water partition coefficient (Wildman–Crippen LogP) is 4.27. The lowest BCUT2D eigenvalue weighted by molar-refractivity contribution is 0.211. The molecule has 1 unspecified atom stereocenters. The highest BCUT2D eigenvalue weighted by Crippen LogP contribution is 2.31. The van der Waals surface area contributed by atoms with E-state index in [9.17, 15) is 0 Å². The molecule has 1 aromatic rings. The number of halogens is 1. The number of nitrogens with one attached hydrogen (secondary N) is 1. The molecule has 0 bridgehead atoms. The van der Waals surface area contributed by atoms with E-state index < -0.39 is 0 Å². The minimum absolute atomic E-state index is 0.277. The van der Waals surface area contributed by atoms with Gasteiger partial charge < -0.3 is 10.1 Å². The third kappa shape index (κ3) is 3.98. The van der Waals surface area contributed by atoms with E-state index in [1.54, 1.807) is 0 Å². The van der Waals surface area contributed by atoms with Crippen molar-refractivity contribution < 1.29 is 4.74 Å². The zero-order chi connectivity index (χ0) is 14.7. The molecular formula is C17H26BrNO. The zero-order valence-electron chi connectivity index (χ0n) is 12.9. The van der Waals surface area contributed by atoms with Crippen LogP contribution in [-0.4, -0.2) is 19.2 Å². The highest BCUT2D eigenvalue weighted by atomic mass is 79.9. The van der Waals surface area contributed by atoms with Gasteiger partial charge in [-0.05, 0) is 48.1 Å². The van der Waals surface area contributed by atoms with Gasteiger partial charge in [0.15, 0.2) is 0 Å². The fourth-order valence-electron chi connectivity index (χ4n) is 3.06. The average molecular weight is 340 g/mol. The quantitative estimate of drug-likeness (QED) is 0.835. The van der Waals surface area contributed by atoms with Gasteiger partial charge in [0.05, 0.1) is 0 Å². The summed E-state index contributed by atoms with van der Waals surface area (Å²) in [6, 6.07) is 6.27. The lowest BCUT2D eigenvalue weighted by Gasteiger charge is -2.25. The van der Waals surface area contributed by atoms with Gasteiger partial charge in [-0.1, -0.05) is 43.6 Å². The Bertz CT molecular complexity index is 437. The van der Waals surface area contributed by atoms with Crippen molar-refractivity contribution in [3.8, 4) is 5.75 Å². The van der Waals surface area contributed by atoms with Crippen molar-refractivity contribution in [2.45, 2.75) is 40.2 Å². The van der Waals surface area contributed by atoms with Gasteiger partial charge in [0.1, 0.15) is 11.9 Å². The minimum atomic E-state index is 0.277. The summed E-state index contributed by atoms with van der Waals surface area (Å²) in [4.78, 5) is 0. The fourth-order valence-corrected chi connectivity index (χ4v) is 3.46. The van der Waals surface area contributed by atoms with Gasteiger partial charge in [-0.15, -0.1) is 0 Å². The maximum atomic E-state index is 5.98. The summed E-state index contributed by atoms with van der Waals surface area (Å²) >= 11 is 3.52. The van der Waals surface area contributed by atoms with E-state index in [0.29, 0.717) is 0 Å². The van der Waals surface area contributed by atoms with Crippen LogP contribution in [-0.2, 0) is 6.42 Å². The first-order valence-corrected chi connectivity index (χ1v) is 8.42. The monoisotopic (exact) mass is 339 g/mol. The van der Waals surface area contributed by atoms with Crippen LogP contribution >= 0.6 is 15.9 Å². The van der Waals surface area contributed by atoms with E-state index >= 15 is 0 Å². The van der Waals surface area contributed by atoms with Crippen LogP contribution < -0.4 is 10.1 Å². The Kier molecular flexibility index (Phi) is 5.50. The smallest absolute Gasteiger partial charge is 0.123 e. The van der Waals surface area contributed by atoms with Crippen molar-refractivity contribution in [1.29, 1.82) is 0 Å². The zero-order valence-corrected chi connectivity index (χ0v) is 14.5. The molecule has 1 aliphatic heterocycles. The SMILES string of the molecule is CC(C)C(CNCC1Cc2cc(Br)ccc2O1)C(C)C. The lowest BCUT2D eigenvalue weighted by atomic mass is 9.85. The Morgan fingerprint density at radius 1 is 1.25 bits per heavy atom. The molecule has 0 fully saturated rings. The molecule has 0 aliphatic carbocycles. The largest absolute Gasteiger partial charge is 0.488 e. The molecule has 3 heteroatoms. The molecule has 112 valence electrons. The lowest BCUT2D eigenvalue weighted by Crippen LogP contribution is -2.36. The molecule has 0 spiro atoms. The molecule has 0 saturated carbocycles. The Balaban J connectivity index is 1.80. The van der Waals surface area contributed by atoms with E-state index in [0.717, 1.165) is 47.5 Å². The standard InChI is InChI=1S/C17H26BrNO/c1-11(2)16(12(3)4)10-19-9-15-8-13-7-14(18)5-6-17(13)20-15/h5-7,11-12,15-16,19H,8-10H2,1-4H3. The van der Waals surface area contributed by atoms with Crippen molar-refractivity contribution in [3.05, 3.63) is 28.2 Å². The van der Waals surface area contributed by atoms with Crippen LogP contribution in [0.3, 0.4) is 0 Å². The van der Waals surface area contributed by atoms with E-state index in [4.69, 9.17) is 4.74 Å². The molecule has 2 rings (SSSR count). The van der Waals surface area contributed by atoms with E-state index in [-0.39, 0.29) is 6.10 Å². The second-order valence-electron chi connectivity index (χ2n) is 6.51. The first-order chi connectivity index (χ1) is 9.47. The molecule has 1 aliphatic rings. The number of rotatable bonds is 6. The number of ether oxygens (including phenoxy) is 1. The maximum Gasteiger partial charge on any atom is 0.123 e. The molecule has 1 atom stereocenters. The van der Waals surface area contributed by atoms with Gasteiger partial charge in [0.2, 0.25) is 0 Å². The number of fused-ring (bicyclic) bond motifs is 1. The minimum Gasteiger partial charge on any atom is -0.488 e. The highest BCUT2D eigenvalue weighted by molar-refractivity contribution is 9.10. The van der Waals surface area contributed by atoms with E-state index in [1.807, 2.05) is 6.07 Å². The molecule has 0 amide bonds. The van der Waals surface area contributed by atoms with Gasteiger partial charge >= 0.3 is 0 Å². The maximum absolute atomic E-state index is 5.98. The van der Waals surface area contributed by atoms with Crippen molar-refractivity contribution in [2.75, 3.05) is 13.1 Å². The highest BCUT2D eigenvalue weighted by Gasteiger charge is 2.23. The van der Waals surface area contributed by atoms with Crippen LogP contribution in [0.25, 0.3) is 0 Å². The average Bonchev–Trinajstić information content (AvgIpc) is 2.75. The van der Waals surface area contributed by atoms with Crippen LogP contribution in [0.4, 0.5) is 0 Å². The second-order valence-corrected chi connectivity index (χ2v) is 7.42. The number of benzene rings is 1. The summed E-state index contributed by atoms with van der Waals surface area (Å²) in [6.07, 6.45) is 1.29. The van der Waals surface area contributed by atoms with Crippen LogP contribution in [0.1, 0.15) is 33.3 Å². The van der Waals surface area contributed by atoms with E-state index in [2.05, 4.69) is 61.1 Å². The van der Waals surface area contributed by atoms with Crippen LogP contribution in [0.5, 0.6) is 5.75 Å². The first kappa shape index (κ1) is 15.8. The van der Waals surface area contributed by atoms with Gasteiger partial charge in [0.25, 0.3) is 0 Å². The molecular weight excluding hydrogens is 314 g/mol. The number of hydrogen-bond acceptors (Lipinski definition) is 2. The predicted molar refractivity (Wildman–Crippen MR) is 88.3 cm³/mol. The summed E-state index contributed by atoms with van der Waals surface area (Å²) < 4.78 is 7.11. The Hall–Kier alpha value is -0.540. The van der Waals surface area contributed by atoms with Crippen molar-refractivity contribution in [1.82, 2.24) is 5.32 Å². The third-order valence-electron chi connectivity index (χ3n) is 4.23. The van der Waals surface area contributed by atoms with E-state index in [1.165, 1.54) is 5.56 Å². The van der Waals surface area contributed by atoms with Gasteiger partial charge in [-0.3, -0.25) is 0 Å². The molecule has 1 heterocycles. The van der Waals surface area contributed by atoms with Crippen LogP contribution in [0.2, 0.25) is 0 Å². The Morgan fingerprint density at radius 3 is 2.60 bits per heavy atom. The molecule has 2 nitrogen and oxygen atoms in total. The molecule has 0 aromatic heterocycles. The van der Waals surface area contributed by atoms with Crippen molar-refractivity contribution in [3.63, 3.8) is 0 Å². The molecule has 0 radical (unpaired) electrons. The molecule has 1 aromatic carbocycles. The van der Waals surface area contributed by atoms with Crippen molar-refractivity contribution >= 4 is 15.9 Å². The van der Waals surface area contributed by atoms with Gasteiger partial charge in [-0.25, -0.2) is 0 Å². The number of hydrogen-bond donors (Lipinski definition) is 1. The summed E-state index contributed by atoms with van der Waals surface area (Å²) in [6.45, 7) is 11.3. The topological polar surface area (TPSA) is 21.3 Å². The van der Waals surface area contributed by atoms with Crippen molar-refractivity contribution in [2.24, 2.45) is 17.8 Å². The summed E-state index contributed by atoms with van der Waals surface area (Å²) in [5.41, 5.74) is 1.32. The molecule has 0 saturated heterocycles. The summed E-state index contributed by atoms with van der Waals surface area (Å²) in [5.74, 6) is 3.22. The first-order valence-electron chi connectivity index (χ1n) is 7.63. The van der Waals surface area contributed by atoms with Gasteiger partial charge in [0, 0.05) is 17.4 Å². The Labute approximate surface area is 131 Å². The fraction of sp³-hybridized carbons (Fsp3) is 0.647. The normalized spacial score (nSPS) is 17.9. The Morgan fingerprint density at radius 2 is 1.95 bits per heavy atom.